The van der Waals surface area contributed by atoms with Crippen LogP contribution in [0, 0.1) is 11.7 Å². The molecule has 0 spiro atoms. The van der Waals surface area contributed by atoms with E-state index in [1.54, 1.807) is 12.1 Å². The van der Waals surface area contributed by atoms with Gasteiger partial charge in [-0.1, -0.05) is 38.1 Å². The Kier molecular flexibility index (Phi) is 15.4. The third kappa shape index (κ3) is 12.6. The molecule has 3 atom stereocenters. The monoisotopic (exact) mass is 703 g/mol. The minimum Gasteiger partial charge on any atom is -0.491 e. The zero-order valence-electron chi connectivity index (χ0n) is 29.1. The molecule has 0 bridgehead atoms. The number of aliphatic hydroxyl groups is 2. The number of cyclic esters (lactones) is 1. The number of ether oxygens (including phenoxy) is 2. The molecule has 2 amide bonds. The lowest BCUT2D eigenvalue weighted by Gasteiger charge is -2.39. The van der Waals surface area contributed by atoms with E-state index in [4.69, 9.17) is 29.9 Å². The molecule has 0 radical (unpaired) electrons. The largest absolute Gasteiger partial charge is 0.491 e. The molecule has 2 aromatic carbocycles. The van der Waals surface area contributed by atoms with Gasteiger partial charge in [-0.2, -0.15) is 0 Å². The average molecular weight is 704 g/mol. The summed E-state index contributed by atoms with van der Waals surface area (Å²) in [5.41, 5.74) is 1.87. The second-order valence-electron chi connectivity index (χ2n) is 13.2. The predicted molar refractivity (Wildman–Crippen MR) is 181 cm³/mol. The van der Waals surface area contributed by atoms with E-state index in [9.17, 15) is 23.6 Å². The maximum atomic E-state index is 13.6. The molecule has 0 aromatic heterocycles. The summed E-state index contributed by atoms with van der Waals surface area (Å²) < 4.78 is 24.7. The van der Waals surface area contributed by atoms with Crippen molar-refractivity contribution in [1.82, 2.24) is 14.7 Å². The van der Waals surface area contributed by atoms with Crippen LogP contribution >= 0.6 is 0 Å². The van der Waals surface area contributed by atoms with Crippen molar-refractivity contribution < 1.29 is 53.5 Å². The molecule has 2 aromatic rings. The van der Waals surface area contributed by atoms with E-state index in [1.807, 2.05) is 47.9 Å². The highest BCUT2D eigenvalue weighted by Crippen LogP contribution is 2.23. The van der Waals surface area contributed by atoms with Crippen LogP contribution in [-0.2, 0) is 32.1 Å². The van der Waals surface area contributed by atoms with E-state index in [1.165, 1.54) is 12.1 Å². The third-order valence-corrected chi connectivity index (χ3v) is 8.60. The molecular formula is C36H50FN3O10. The van der Waals surface area contributed by atoms with Gasteiger partial charge in [-0.25, -0.2) is 18.8 Å². The van der Waals surface area contributed by atoms with Crippen molar-refractivity contribution in [3.8, 4) is 5.75 Å². The Morgan fingerprint density at radius 1 is 0.900 bits per heavy atom. The Balaban J connectivity index is 0.000000588. The molecule has 4 N–H and O–H groups in total. The number of amides is 2. The van der Waals surface area contributed by atoms with Crippen LogP contribution in [-0.4, -0.2) is 122 Å². The number of carbonyl (C=O) groups excluding carboxylic acids is 2. The first kappa shape index (κ1) is 40.2. The van der Waals surface area contributed by atoms with Crippen molar-refractivity contribution in [2.24, 2.45) is 5.92 Å². The predicted octanol–water partition coefficient (Wildman–Crippen LogP) is 3.39. The van der Waals surface area contributed by atoms with Crippen molar-refractivity contribution in [1.29, 1.82) is 0 Å². The SMILES string of the molecule is CC(C)Oc1ccc(CC(=O)N(Cc2ccc(F)cc2)C2CCN(CCCN3CC(C(C)C)OC3=O)CC2)cc1.O=C(O)C(O)C(O)C(=O)O. The summed E-state index contributed by atoms with van der Waals surface area (Å²) in [7, 11) is 0. The summed E-state index contributed by atoms with van der Waals surface area (Å²) in [5.74, 6) is -2.62. The summed E-state index contributed by atoms with van der Waals surface area (Å²) in [5, 5.41) is 32.5. The van der Waals surface area contributed by atoms with Gasteiger partial charge >= 0.3 is 18.0 Å². The molecule has 4 rings (SSSR count). The molecule has 3 unspecified atom stereocenters. The minimum absolute atomic E-state index is 0.0146. The lowest BCUT2D eigenvalue weighted by Crippen LogP contribution is -2.48. The van der Waals surface area contributed by atoms with Gasteiger partial charge in [0.05, 0.1) is 19.1 Å². The molecule has 276 valence electrons. The summed E-state index contributed by atoms with van der Waals surface area (Å²) in [4.78, 5) is 51.5. The first-order valence-corrected chi connectivity index (χ1v) is 16.9. The summed E-state index contributed by atoms with van der Waals surface area (Å²) in [6.07, 6.45) is -1.67. The number of carboxylic acids is 2. The zero-order chi connectivity index (χ0) is 37.0. The number of carbonyl (C=O) groups is 4. The number of nitrogens with zero attached hydrogens (tertiary/aromatic N) is 3. The fourth-order valence-electron chi connectivity index (χ4n) is 5.71. The second-order valence-corrected chi connectivity index (χ2v) is 13.2. The summed E-state index contributed by atoms with van der Waals surface area (Å²) in [6.45, 7) is 12.7. The quantitative estimate of drug-likeness (QED) is 0.214. The highest BCUT2D eigenvalue weighted by molar-refractivity contribution is 5.83. The normalized spacial score (nSPS) is 17.9. The van der Waals surface area contributed by atoms with E-state index in [0.717, 1.165) is 55.8 Å². The highest BCUT2D eigenvalue weighted by atomic mass is 19.1. The Labute approximate surface area is 292 Å². The third-order valence-electron chi connectivity index (χ3n) is 8.60. The van der Waals surface area contributed by atoms with Crippen molar-refractivity contribution in [3.63, 3.8) is 0 Å². The van der Waals surface area contributed by atoms with Crippen LogP contribution in [0.3, 0.4) is 0 Å². The van der Waals surface area contributed by atoms with Crippen molar-refractivity contribution in [2.45, 2.75) is 90.4 Å². The van der Waals surface area contributed by atoms with Crippen LogP contribution in [0.4, 0.5) is 9.18 Å². The maximum Gasteiger partial charge on any atom is 0.410 e. The van der Waals surface area contributed by atoms with Gasteiger partial charge in [0.2, 0.25) is 5.91 Å². The van der Waals surface area contributed by atoms with Crippen molar-refractivity contribution in [3.05, 3.63) is 65.5 Å². The number of hydrogen-bond acceptors (Lipinski definition) is 9. The molecule has 2 heterocycles. The Hall–Kier alpha value is -4.27. The highest BCUT2D eigenvalue weighted by Gasteiger charge is 2.33. The molecule has 0 aliphatic carbocycles. The van der Waals surface area contributed by atoms with Gasteiger partial charge in [0, 0.05) is 32.2 Å². The lowest BCUT2D eigenvalue weighted by atomic mass is 10.0. The number of aliphatic hydroxyl groups excluding tert-OH is 2. The van der Waals surface area contributed by atoms with Crippen LogP contribution in [0.1, 0.15) is 58.1 Å². The minimum atomic E-state index is -2.27. The van der Waals surface area contributed by atoms with Gasteiger partial charge in [0.1, 0.15) is 17.7 Å². The van der Waals surface area contributed by atoms with Gasteiger partial charge in [0.15, 0.2) is 12.2 Å². The zero-order valence-corrected chi connectivity index (χ0v) is 29.1. The van der Waals surface area contributed by atoms with E-state index >= 15 is 0 Å². The number of halogens is 1. The van der Waals surface area contributed by atoms with Crippen LogP contribution in [0.5, 0.6) is 5.75 Å². The molecule has 2 aliphatic heterocycles. The standard InChI is InChI=1S/C32H44FN3O4.C4H6O6/c1-23(2)30-22-35(32(38)40-30)17-5-16-34-18-14-28(15-19-34)36(21-26-6-10-27(33)11-7-26)31(37)20-25-8-12-29(13-9-25)39-24(3)4;5-1(3(7)8)2(6)4(9)10/h6-13,23-24,28,30H,5,14-22H2,1-4H3;1-2,5-6H,(H,7,8)(H,9,10). The molecule has 2 saturated heterocycles. The Morgan fingerprint density at radius 3 is 1.96 bits per heavy atom. The second kappa shape index (κ2) is 19.2. The molecule has 14 heteroatoms. The Morgan fingerprint density at radius 2 is 1.46 bits per heavy atom. The van der Waals surface area contributed by atoms with Gasteiger partial charge < -0.3 is 44.6 Å². The molecule has 50 heavy (non-hydrogen) atoms. The van der Waals surface area contributed by atoms with Gasteiger partial charge in [0.25, 0.3) is 0 Å². The number of carboxylic acid groups (broad SMARTS) is 2. The molecule has 2 aliphatic rings. The lowest BCUT2D eigenvalue weighted by molar-refractivity contribution is -0.165. The number of hydrogen-bond donors (Lipinski definition) is 4. The molecule has 0 saturated carbocycles. The van der Waals surface area contributed by atoms with Gasteiger partial charge in [-0.3, -0.25) is 4.79 Å². The van der Waals surface area contributed by atoms with Crippen molar-refractivity contribution in [2.75, 3.05) is 32.7 Å². The molecular weight excluding hydrogens is 653 g/mol. The summed E-state index contributed by atoms with van der Waals surface area (Å²) >= 11 is 0. The van der Waals surface area contributed by atoms with E-state index in [2.05, 4.69) is 18.7 Å². The van der Waals surface area contributed by atoms with Crippen LogP contribution < -0.4 is 4.74 Å². The van der Waals surface area contributed by atoms with Crippen LogP contribution in [0.25, 0.3) is 0 Å². The van der Waals surface area contributed by atoms with Gasteiger partial charge in [-0.05, 0) is 81.0 Å². The van der Waals surface area contributed by atoms with E-state index in [-0.39, 0.29) is 36.1 Å². The van der Waals surface area contributed by atoms with Gasteiger partial charge in [-0.15, -0.1) is 0 Å². The molecule has 13 nitrogen and oxygen atoms in total. The number of aliphatic carboxylic acids is 2. The Bertz CT molecular complexity index is 1380. The van der Waals surface area contributed by atoms with E-state index in [0.29, 0.717) is 32.0 Å². The smallest absolute Gasteiger partial charge is 0.410 e. The number of piperidine rings is 1. The number of benzene rings is 2. The average Bonchev–Trinajstić information content (AvgIpc) is 3.45. The first-order valence-electron chi connectivity index (χ1n) is 16.9. The van der Waals surface area contributed by atoms with E-state index < -0.39 is 24.1 Å². The van der Waals surface area contributed by atoms with Crippen molar-refractivity contribution >= 4 is 23.9 Å². The van der Waals surface area contributed by atoms with Crippen LogP contribution in [0.2, 0.25) is 0 Å². The fourth-order valence-corrected chi connectivity index (χ4v) is 5.71. The maximum absolute atomic E-state index is 13.6. The topological polar surface area (TPSA) is 177 Å². The van der Waals surface area contributed by atoms with Crippen LogP contribution in [0.15, 0.2) is 48.5 Å². The number of likely N-dealkylation sites (tertiary alicyclic amines) is 1. The summed E-state index contributed by atoms with van der Waals surface area (Å²) in [6, 6.07) is 14.3. The molecule has 2 fully saturated rings. The number of rotatable bonds is 15. The fraction of sp³-hybridized carbons (Fsp3) is 0.556. The first-order chi connectivity index (χ1) is 23.6.